The van der Waals surface area contributed by atoms with E-state index in [1.807, 2.05) is 0 Å². The van der Waals surface area contributed by atoms with E-state index in [4.69, 9.17) is 0 Å². The highest BCUT2D eigenvalue weighted by molar-refractivity contribution is 8.00. The fraction of sp³-hybridized carbons (Fsp3) is 0.600. The zero-order chi connectivity index (χ0) is 12.1. The lowest BCUT2D eigenvalue weighted by atomic mass is 10.2. The van der Waals surface area contributed by atoms with Crippen LogP contribution in [0.1, 0.15) is 45.1 Å². The van der Waals surface area contributed by atoms with Gasteiger partial charge in [0, 0.05) is 22.7 Å². The minimum Gasteiger partial charge on any atom is -0.310 e. The van der Waals surface area contributed by atoms with Gasteiger partial charge in [0.25, 0.3) is 0 Å². The van der Waals surface area contributed by atoms with E-state index in [9.17, 15) is 0 Å². The van der Waals surface area contributed by atoms with Gasteiger partial charge in [-0.3, -0.25) is 0 Å². The van der Waals surface area contributed by atoms with Gasteiger partial charge in [0.1, 0.15) is 0 Å². The van der Waals surface area contributed by atoms with Gasteiger partial charge in [-0.2, -0.15) is 0 Å². The molecule has 1 N–H and O–H groups in total. The standard InChI is InChI=1S/C15H23NS/c1-12(2)16-11-13-7-3-6-10-15(13)17-14-8-4-5-9-14/h3,6-7,10,12,14,16H,4-5,8-9,11H2,1-2H3. The third-order valence-electron chi connectivity index (χ3n) is 3.27. The molecule has 2 rings (SSSR count). The summed E-state index contributed by atoms with van der Waals surface area (Å²) in [6.07, 6.45) is 5.64. The molecule has 0 amide bonds. The predicted molar refractivity (Wildman–Crippen MR) is 76.5 cm³/mol. The van der Waals surface area contributed by atoms with Crippen LogP contribution in [-0.4, -0.2) is 11.3 Å². The second-order valence-electron chi connectivity index (χ2n) is 5.17. The molecule has 94 valence electrons. The van der Waals surface area contributed by atoms with Gasteiger partial charge >= 0.3 is 0 Å². The maximum absolute atomic E-state index is 3.51. The van der Waals surface area contributed by atoms with Crippen molar-refractivity contribution in [3.05, 3.63) is 29.8 Å². The molecule has 0 unspecified atom stereocenters. The average molecular weight is 249 g/mol. The number of nitrogens with one attached hydrogen (secondary N) is 1. The van der Waals surface area contributed by atoms with E-state index < -0.39 is 0 Å². The van der Waals surface area contributed by atoms with E-state index in [0.29, 0.717) is 6.04 Å². The van der Waals surface area contributed by atoms with Crippen LogP contribution in [0.2, 0.25) is 0 Å². The van der Waals surface area contributed by atoms with Crippen LogP contribution < -0.4 is 5.32 Å². The monoisotopic (exact) mass is 249 g/mol. The van der Waals surface area contributed by atoms with Crippen LogP contribution in [0.15, 0.2) is 29.2 Å². The zero-order valence-corrected chi connectivity index (χ0v) is 11.7. The third kappa shape index (κ3) is 4.04. The molecule has 0 saturated heterocycles. The molecular formula is C15H23NS. The number of rotatable bonds is 5. The van der Waals surface area contributed by atoms with E-state index in [1.54, 1.807) is 0 Å². The molecule has 1 saturated carbocycles. The number of benzene rings is 1. The summed E-state index contributed by atoms with van der Waals surface area (Å²) in [6.45, 7) is 5.40. The molecular weight excluding hydrogens is 226 g/mol. The molecule has 1 aliphatic rings. The van der Waals surface area contributed by atoms with Crippen LogP contribution in [0, 0.1) is 0 Å². The van der Waals surface area contributed by atoms with E-state index >= 15 is 0 Å². The molecule has 17 heavy (non-hydrogen) atoms. The third-order valence-corrected chi connectivity index (χ3v) is 4.73. The molecule has 1 nitrogen and oxygen atoms in total. The number of thioether (sulfide) groups is 1. The molecule has 0 aromatic heterocycles. The van der Waals surface area contributed by atoms with Gasteiger partial charge in [0.15, 0.2) is 0 Å². The van der Waals surface area contributed by atoms with E-state index in [0.717, 1.165) is 11.8 Å². The minimum absolute atomic E-state index is 0.555. The van der Waals surface area contributed by atoms with E-state index in [-0.39, 0.29) is 0 Å². The lowest BCUT2D eigenvalue weighted by Gasteiger charge is -2.15. The van der Waals surface area contributed by atoms with Crippen LogP contribution >= 0.6 is 11.8 Å². The Balaban J connectivity index is 1.99. The molecule has 1 fully saturated rings. The lowest BCUT2D eigenvalue weighted by Crippen LogP contribution is -2.22. The van der Waals surface area contributed by atoms with Gasteiger partial charge in [-0.1, -0.05) is 44.9 Å². The van der Waals surface area contributed by atoms with Crippen molar-refractivity contribution in [2.24, 2.45) is 0 Å². The molecule has 0 spiro atoms. The Kier molecular flexibility index (Phi) is 4.93. The number of hydrogen-bond acceptors (Lipinski definition) is 2. The summed E-state index contributed by atoms with van der Waals surface area (Å²) in [7, 11) is 0. The van der Waals surface area contributed by atoms with Gasteiger partial charge in [-0.25, -0.2) is 0 Å². The van der Waals surface area contributed by atoms with Gasteiger partial charge in [0.05, 0.1) is 0 Å². The first-order valence-electron chi connectivity index (χ1n) is 6.73. The SMILES string of the molecule is CC(C)NCc1ccccc1SC1CCCC1. The van der Waals surface area contributed by atoms with Gasteiger partial charge in [0.2, 0.25) is 0 Å². The molecule has 2 heteroatoms. The minimum atomic E-state index is 0.555. The quantitative estimate of drug-likeness (QED) is 0.838. The molecule has 1 aliphatic carbocycles. The first-order chi connectivity index (χ1) is 8.25. The first kappa shape index (κ1) is 13.0. The van der Waals surface area contributed by atoms with Crippen molar-refractivity contribution in [3.8, 4) is 0 Å². The van der Waals surface area contributed by atoms with Crippen LogP contribution in [0.4, 0.5) is 0 Å². The van der Waals surface area contributed by atoms with Crippen molar-refractivity contribution in [2.45, 2.75) is 62.3 Å². The molecule has 0 atom stereocenters. The zero-order valence-electron chi connectivity index (χ0n) is 10.9. The molecule has 0 heterocycles. The summed E-state index contributed by atoms with van der Waals surface area (Å²) < 4.78 is 0. The van der Waals surface area contributed by atoms with Crippen LogP contribution in [0.3, 0.4) is 0 Å². The Labute approximate surface area is 109 Å². The highest BCUT2D eigenvalue weighted by Crippen LogP contribution is 2.36. The smallest absolute Gasteiger partial charge is 0.0218 e. The average Bonchev–Trinajstić information content (AvgIpc) is 2.80. The second-order valence-corrected chi connectivity index (χ2v) is 6.51. The highest BCUT2D eigenvalue weighted by atomic mass is 32.2. The summed E-state index contributed by atoms with van der Waals surface area (Å²) in [5, 5.41) is 4.37. The lowest BCUT2D eigenvalue weighted by molar-refractivity contribution is 0.584. The molecule has 1 aromatic carbocycles. The van der Waals surface area contributed by atoms with Crippen LogP contribution in [-0.2, 0) is 6.54 Å². The first-order valence-corrected chi connectivity index (χ1v) is 7.61. The predicted octanol–water partition coefficient (Wildman–Crippen LogP) is 4.22. The van der Waals surface area contributed by atoms with E-state index in [2.05, 4.69) is 55.2 Å². The summed E-state index contributed by atoms with van der Waals surface area (Å²) in [5.74, 6) is 0. The van der Waals surface area contributed by atoms with E-state index in [1.165, 1.54) is 36.1 Å². The fourth-order valence-corrected chi connectivity index (χ4v) is 3.64. The maximum Gasteiger partial charge on any atom is 0.0218 e. The van der Waals surface area contributed by atoms with Crippen molar-refractivity contribution in [1.82, 2.24) is 5.32 Å². The Morgan fingerprint density at radius 1 is 1.24 bits per heavy atom. The topological polar surface area (TPSA) is 12.0 Å². The highest BCUT2D eigenvalue weighted by Gasteiger charge is 2.17. The van der Waals surface area contributed by atoms with Crippen LogP contribution in [0.5, 0.6) is 0 Å². The van der Waals surface area contributed by atoms with Gasteiger partial charge < -0.3 is 5.32 Å². The van der Waals surface area contributed by atoms with Crippen molar-refractivity contribution >= 4 is 11.8 Å². The summed E-state index contributed by atoms with van der Waals surface area (Å²) in [5.41, 5.74) is 1.46. The second kappa shape index (κ2) is 6.46. The summed E-state index contributed by atoms with van der Waals surface area (Å²) >= 11 is 2.09. The van der Waals surface area contributed by atoms with Crippen molar-refractivity contribution in [3.63, 3.8) is 0 Å². The Morgan fingerprint density at radius 3 is 2.65 bits per heavy atom. The largest absolute Gasteiger partial charge is 0.310 e. The van der Waals surface area contributed by atoms with Gasteiger partial charge in [-0.15, -0.1) is 11.8 Å². The Morgan fingerprint density at radius 2 is 1.94 bits per heavy atom. The van der Waals surface area contributed by atoms with Crippen molar-refractivity contribution in [2.75, 3.05) is 0 Å². The molecule has 1 aromatic rings. The summed E-state index contributed by atoms with van der Waals surface area (Å²) in [6, 6.07) is 9.40. The van der Waals surface area contributed by atoms with Crippen molar-refractivity contribution < 1.29 is 0 Å². The van der Waals surface area contributed by atoms with Crippen LogP contribution in [0.25, 0.3) is 0 Å². The molecule has 0 radical (unpaired) electrons. The number of hydrogen-bond donors (Lipinski definition) is 1. The molecule has 0 aliphatic heterocycles. The van der Waals surface area contributed by atoms with Gasteiger partial charge in [-0.05, 0) is 24.5 Å². The normalized spacial score (nSPS) is 16.9. The maximum atomic E-state index is 3.51. The fourth-order valence-electron chi connectivity index (χ4n) is 2.26. The molecule has 0 bridgehead atoms. The Hall–Kier alpha value is -0.470. The van der Waals surface area contributed by atoms with Crippen molar-refractivity contribution in [1.29, 1.82) is 0 Å². The Bertz CT molecular complexity index is 343. The summed E-state index contributed by atoms with van der Waals surface area (Å²) in [4.78, 5) is 1.48.